The Morgan fingerprint density at radius 1 is 1.38 bits per heavy atom. The Balaban J connectivity index is 1.66. The first kappa shape index (κ1) is 16.5. The Labute approximate surface area is 140 Å². The number of benzene rings is 1. The number of carbonyl (C=O) groups is 1. The SMILES string of the molecule is Cc1cc(NC(=O)COc2ccccc2)n(C2CCS(=O)(=O)C2)n1. The molecule has 0 spiro atoms. The Morgan fingerprint density at radius 2 is 2.12 bits per heavy atom. The number of amides is 1. The number of aryl methyl sites for hydroxylation is 1. The monoisotopic (exact) mass is 349 g/mol. The summed E-state index contributed by atoms with van der Waals surface area (Å²) in [5, 5.41) is 7.07. The fraction of sp³-hybridized carbons (Fsp3) is 0.375. The molecule has 1 amide bonds. The number of sulfone groups is 1. The van der Waals surface area contributed by atoms with Crippen molar-refractivity contribution in [3.05, 3.63) is 42.1 Å². The Bertz CT molecular complexity index is 830. The third-order valence-electron chi connectivity index (χ3n) is 3.79. The maximum atomic E-state index is 12.1. The molecule has 7 nitrogen and oxygen atoms in total. The molecule has 24 heavy (non-hydrogen) atoms. The number of ether oxygens (including phenoxy) is 1. The molecule has 0 radical (unpaired) electrons. The third-order valence-corrected chi connectivity index (χ3v) is 5.54. The standard InChI is InChI=1S/C16H19N3O4S/c1-12-9-15(19(18-12)13-7-8-24(21,22)11-13)17-16(20)10-23-14-5-3-2-4-6-14/h2-6,9,13H,7-8,10-11H2,1H3,(H,17,20). The van der Waals surface area contributed by atoms with Crippen LogP contribution in [0.1, 0.15) is 18.2 Å². The zero-order chi connectivity index (χ0) is 17.2. The molecule has 1 aromatic carbocycles. The van der Waals surface area contributed by atoms with E-state index in [-0.39, 0.29) is 30.1 Å². The largest absolute Gasteiger partial charge is 0.484 e. The second-order valence-electron chi connectivity index (χ2n) is 5.82. The highest BCUT2D eigenvalue weighted by Gasteiger charge is 2.31. The number of anilines is 1. The van der Waals surface area contributed by atoms with E-state index < -0.39 is 9.84 Å². The van der Waals surface area contributed by atoms with Crippen LogP contribution in [-0.2, 0) is 14.6 Å². The molecular formula is C16H19N3O4S. The van der Waals surface area contributed by atoms with E-state index in [9.17, 15) is 13.2 Å². The van der Waals surface area contributed by atoms with E-state index in [1.807, 2.05) is 18.2 Å². The van der Waals surface area contributed by atoms with Gasteiger partial charge in [-0.25, -0.2) is 13.1 Å². The van der Waals surface area contributed by atoms with E-state index in [0.717, 1.165) is 5.69 Å². The van der Waals surface area contributed by atoms with Crippen LogP contribution in [-0.4, -0.2) is 42.2 Å². The summed E-state index contributed by atoms with van der Waals surface area (Å²) in [4.78, 5) is 12.1. The predicted octanol–water partition coefficient (Wildman–Crippen LogP) is 1.57. The smallest absolute Gasteiger partial charge is 0.263 e. The molecule has 1 aliphatic heterocycles. The summed E-state index contributed by atoms with van der Waals surface area (Å²) >= 11 is 0. The lowest BCUT2D eigenvalue weighted by Crippen LogP contribution is -2.23. The zero-order valence-electron chi connectivity index (χ0n) is 13.3. The quantitative estimate of drug-likeness (QED) is 0.885. The van der Waals surface area contributed by atoms with Crippen LogP contribution in [0, 0.1) is 6.92 Å². The van der Waals surface area contributed by atoms with Crippen molar-refractivity contribution in [2.24, 2.45) is 0 Å². The minimum absolute atomic E-state index is 0.0531. The maximum Gasteiger partial charge on any atom is 0.263 e. The van der Waals surface area contributed by atoms with Crippen LogP contribution in [0.2, 0.25) is 0 Å². The average Bonchev–Trinajstić information content (AvgIpc) is 3.08. The van der Waals surface area contributed by atoms with E-state index in [1.165, 1.54) is 0 Å². The van der Waals surface area contributed by atoms with Crippen LogP contribution in [0.25, 0.3) is 0 Å². The molecule has 1 fully saturated rings. The van der Waals surface area contributed by atoms with Crippen molar-refractivity contribution in [2.75, 3.05) is 23.4 Å². The molecule has 1 N–H and O–H groups in total. The summed E-state index contributed by atoms with van der Waals surface area (Å²) in [5.74, 6) is 0.995. The van der Waals surface area contributed by atoms with E-state index in [1.54, 1.807) is 29.8 Å². The molecule has 2 aromatic rings. The van der Waals surface area contributed by atoms with Crippen molar-refractivity contribution in [1.29, 1.82) is 0 Å². The highest BCUT2D eigenvalue weighted by molar-refractivity contribution is 7.91. The molecule has 8 heteroatoms. The van der Waals surface area contributed by atoms with Crippen molar-refractivity contribution in [3.63, 3.8) is 0 Å². The minimum atomic E-state index is -3.02. The number of nitrogens with zero attached hydrogens (tertiary/aromatic N) is 2. The Morgan fingerprint density at radius 3 is 2.79 bits per heavy atom. The Kier molecular flexibility index (Phi) is 4.57. The molecule has 1 saturated heterocycles. The number of hydrogen-bond acceptors (Lipinski definition) is 5. The van der Waals surface area contributed by atoms with Gasteiger partial charge in [-0.3, -0.25) is 4.79 Å². The minimum Gasteiger partial charge on any atom is -0.484 e. The van der Waals surface area contributed by atoms with Crippen molar-refractivity contribution in [3.8, 4) is 5.75 Å². The predicted molar refractivity (Wildman–Crippen MR) is 89.8 cm³/mol. The van der Waals surface area contributed by atoms with Gasteiger partial charge in [-0.2, -0.15) is 5.10 Å². The first-order valence-electron chi connectivity index (χ1n) is 7.67. The number of carbonyl (C=O) groups excluding carboxylic acids is 1. The molecule has 1 aromatic heterocycles. The summed E-state index contributed by atoms with van der Waals surface area (Å²) in [6.07, 6.45) is 0.507. The molecule has 0 bridgehead atoms. The van der Waals surface area contributed by atoms with Gasteiger partial charge in [0.15, 0.2) is 16.4 Å². The molecular weight excluding hydrogens is 330 g/mol. The van der Waals surface area contributed by atoms with Gasteiger partial charge in [-0.15, -0.1) is 0 Å². The van der Waals surface area contributed by atoms with Crippen LogP contribution in [0.3, 0.4) is 0 Å². The van der Waals surface area contributed by atoms with Gasteiger partial charge in [0.1, 0.15) is 11.6 Å². The topological polar surface area (TPSA) is 90.3 Å². The van der Waals surface area contributed by atoms with E-state index in [2.05, 4.69) is 10.4 Å². The molecule has 1 aliphatic rings. The second-order valence-corrected chi connectivity index (χ2v) is 8.05. The first-order valence-corrected chi connectivity index (χ1v) is 9.49. The van der Waals surface area contributed by atoms with Gasteiger partial charge >= 0.3 is 0 Å². The molecule has 2 heterocycles. The van der Waals surface area contributed by atoms with Gasteiger partial charge in [0.25, 0.3) is 5.91 Å². The summed E-state index contributed by atoms with van der Waals surface area (Å²) < 4.78 is 30.3. The lowest BCUT2D eigenvalue weighted by molar-refractivity contribution is -0.118. The van der Waals surface area contributed by atoms with Crippen molar-refractivity contribution in [1.82, 2.24) is 9.78 Å². The summed E-state index contributed by atoms with van der Waals surface area (Å²) in [6.45, 7) is 1.67. The number of aromatic nitrogens is 2. The van der Waals surface area contributed by atoms with Gasteiger partial charge in [-0.1, -0.05) is 18.2 Å². The highest BCUT2D eigenvalue weighted by Crippen LogP contribution is 2.27. The van der Waals surface area contributed by atoms with Gasteiger partial charge in [0.2, 0.25) is 0 Å². The molecule has 0 aliphatic carbocycles. The fourth-order valence-electron chi connectivity index (χ4n) is 2.70. The van der Waals surface area contributed by atoms with Crippen LogP contribution in [0.4, 0.5) is 5.82 Å². The third kappa shape index (κ3) is 3.94. The zero-order valence-corrected chi connectivity index (χ0v) is 14.1. The van der Waals surface area contributed by atoms with Crippen LogP contribution in [0.5, 0.6) is 5.75 Å². The van der Waals surface area contributed by atoms with Gasteiger partial charge in [-0.05, 0) is 25.5 Å². The maximum absolute atomic E-state index is 12.1. The molecule has 1 atom stereocenters. The molecule has 128 valence electrons. The summed E-state index contributed by atoms with van der Waals surface area (Å²) in [6, 6.07) is 10.5. The number of nitrogens with one attached hydrogen (secondary N) is 1. The molecule has 0 saturated carbocycles. The van der Waals surface area contributed by atoms with Crippen molar-refractivity contribution >= 4 is 21.6 Å². The number of para-hydroxylation sites is 1. The fourth-order valence-corrected chi connectivity index (χ4v) is 4.39. The summed E-state index contributed by atoms with van der Waals surface area (Å²) in [5.41, 5.74) is 0.721. The van der Waals surface area contributed by atoms with Crippen LogP contribution < -0.4 is 10.1 Å². The van der Waals surface area contributed by atoms with Gasteiger partial charge in [0, 0.05) is 6.07 Å². The van der Waals surface area contributed by atoms with E-state index >= 15 is 0 Å². The van der Waals surface area contributed by atoms with E-state index in [4.69, 9.17) is 4.74 Å². The Hall–Kier alpha value is -2.35. The number of rotatable bonds is 5. The summed E-state index contributed by atoms with van der Waals surface area (Å²) in [7, 11) is -3.02. The van der Waals surface area contributed by atoms with E-state index in [0.29, 0.717) is 18.0 Å². The first-order chi connectivity index (χ1) is 11.4. The molecule has 3 rings (SSSR count). The molecule has 1 unspecified atom stereocenters. The average molecular weight is 349 g/mol. The highest BCUT2D eigenvalue weighted by atomic mass is 32.2. The normalized spacial score (nSPS) is 19.1. The van der Waals surface area contributed by atoms with Gasteiger partial charge in [0.05, 0.1) is 23.2 Å². The number of hydrogen-bond donors (Lipinski definition) is 1. The van der Waals surface area contributed by atoms with Crippen LogP contribution >= 0.6 is 0 Å². The lowest BCUT2D eigenvalue weighted by atomic mass is 10.3. The lowest BCUT2D eigenvalue weighted by Gasteiger charge is -2.14. The van der Waals surface area contributed by atoms with Crippen molar-refractivity contribution in [2.45, 2.75) is 19.4 Å². The van der Waals surface area contributed by atoms with Crippen LogP contribution in [0.15, 0.2) is 36.4 Å². The second kappa shape index (κ2) is 6.64. The van der Waals surface area contributed by atoms with Gasteiger partial charge < -0.3 is 10.1 Å². The van der Waals surface area contributed by atoms with Crippen molar-refractivity contribution < 1.29 is 17.9 Å².